The van der Waals surface area contributed by atoms with E-state index in [1.807, 2.05) is 0 Å². The number of nitrogens with zero attached hydrogens (tertiary/aromatic N) is 1. The lowest BCUT2D eigenvalue weighted by Crippen LogP contribution is -2.40. The molecule has 0 fully saturated rings. The van der Waals surface area contributed by atoms with Gasteiger partial charge in [0.25, 0.3) is 0 Å². The van der Waals surface area contributed by atoms with Gasteiger partial charge in [-0.2, -0.15) is 4.31 Å². The Balaban J connectivity index is 3.48. The van der Waals surface area contributed by atoms with Gasteiger partial charge in [0.15, 0.2) is 9.84 Å². The number of halogens is 1. The van der Waals surface area contributed by atoms with Crippen LogP contribution in [0.4, 0.5) is 0 Å². The summed E-state index contributed by atoms with van der Waals surface area (Å²) < 4.78 is 48.3. The first-order chi connectivity index (χ1) is 9.39. The molecule has 1 rings (SSSR count). The molecular formula is C11H14ClNO6S2. The lowest BCUT2D eigenvalue weighted by Gasteiger charge is -2.21. The van der Waals surface area contributed by atoms with E-state index in [-0.39, 0.29) is 9.92 Å². The molecule has 7 nitrogen and oxygen atoms in total. The Bertz CT molecular complexity index is 772. The van der Waals surface area contributed by atoms with Gasteiger partial charge in [-0.05, 0) is 25.1 Å². The molecule has 21 heavy (non-hydrogen) atoms. The van der Waals surface area contributed by atoms with Crippen molar-refractivity contribution in [3.8, 4) is 0 Å². The summed E-state index contributed by atoms with van der Waals surface area (Å²) in [6.45, 7) is 1.19. The molecule has 0 saturated carbocycles. The monoisotopic (exact) mass is 355 g/mol. The molecule has 1 unspecified atom stereocenters. The second kappa shape index (κ2) is 5.91. The number of benzene rings is 1. The van der Waals surface area contributed by atoms with Gasteiger partial charge in [-0.15, -0.1) is 0 Å². The summed E-state index contributed by atoms with van der Waals surface area (Å²) in [5.41, 5.74) is 0. The topological polar surface area (TPSA) is 109 Å². The SMILES string of the molecule is CC(C(=O)O)N(C)S(=O)(=O)c1cc(S(C)(=O)=O)ccc1Cl. The van der Waals surface area contributed by atoms with E-state index in [0.717, 1.165) is 25.4 Å². The third kappa shape index (κ3) is 3.73. The van der Waals surface area contributed by atoms with Gasteiger partial charge in [0.05, 0.1) is 9.92 Å². The number of carboxylic acid groups (broad SMARTS) is 1. The summed E-state index contributed by atoms with van der Waals surface area (Å²) in [7, 11) is -6.78. The summed E-state index contributed by atoms with van der Waals surface area (Å²) in [5.74, 6) is -1.34. The normalized spacial score (nSPS) is 14.1. The molecule has 0 aliphatic carbocycles. The van der Waals surface area contributed by atoms with Crippen LogP contribution in [0.15, 0.2) is 28.0 Å². The van der Waals surface area contributed by atoms with Crippen LogP contribution in [0.1, 0.15) is 6.92 Å². The van der Waals surface area contributed by atoms with Gasteiger partial charge >= 0.3 is 5.97 Å². The Morgan fingerprint density at radius 1 is 1.29 bits per heavy atom. The minimum atomic E-state index is -4.24. The van der Waals surface area contributed by atoms with Gasteiger partial charge < -0.3 is 5.11 Å². The Hall–Kier alpha value is -1.16. The number of likely N-dealkylation sites (N-methyl/N-ethyl adjacent to an activating group) is 1. The summed E-state index contributed by atoms with van der Waals surface area (Å²) in [4.78, 5) is 10.2. The van der Waals surface area contributed by atoms with Crippen LogP contribution in [-0.2, 0) is 24.7 Å². The number of rotatable bonds is 5. The molecule has 1 N–H and O–H groups in total. The number of hydrogen-bond donors (Lipinski definition) is 1. The molecule has 118 valence electrons. The van der Waals surface area contributed by atoms with Crippen LogP contribution in [0.2, 0.25) is 5.02 Å². The number of carbonyl (C=O) groups is 1. The molecule has 0 aliphatic rings. The maximum absolute atomic E-state index is 12.4. The van der Waals surface area contributed by atoms with Gasteiger partial charge in [0.2, 0.25) is 10.0 Å². The fourth-order valence-electron chi connectivity index (χ4n) is 1.43. The van der Waals surface area contributed by atoms with Crippen molar-refractivity contribution < 1.29 is 26.7 Å². The number of sulfonamides is 1. The highest BCUT2D eigenvalue weighted by Crippen LogP contribution is 2.27. The van der Waals surface area contributed by atoms with E-state index in [9.17, 15) is 21.6 Å². The maximum atomic E-state index is 12.4. The van der Waals surface area contributed by atoms with Crippen molar-refractivity contribution >= 4 is 37.4 Å². The zero-order valence-electron chi connectivity index (χ0n) is 11.4. The van der Waals surface area contributed by atoms with Crippen LogP contribution in [0.5, 0.6) is 0 Å². The average molecular weight is 356 g/mol. The fourth-order valence-corrected chi connectivity index (χ4v) is 3.97. The highest BCUT2D eigenvalue weighted by Gasteiger charge is 2.31. The van der Waals surface area contributed by atoms with Crippen LogP contribution in [0.3, 0.4) is 0 Å². The lowest BCUT2D eigenvalue weighted by atomic mass is 10.4. The summed E-state index contributed by atoms with van der Waals surface area (Å²) in [6.07, 6.45) is 0.927. The second-order valence-corrected chi connectivity index (χ2v) is 8.79. The smallest absolute Gasteiger partial charge is 0.321 e. The molecule has 1 aromatic carbocycles. The lowest BCUT2D eigenvalue weighted by molar-refractivity contribution is -0.140. The number of aliphatic carboxylic acids is 1. The first-order valence-electron chi connectivity index (χ1n) is 5.59. The highest BCUT2D eigenvalue weighted by atomic mass is 35.5. The number of sulfone groups is 1. The highest BCUT2D eigenvalue weighted by molar-refractivity contribution is 7.91. The van der Waals surface area contributed by atoms with Crippen molar-refractivity contribution in [3.05, 3.63) is 23.2 Å². The van der Waals surface area contributed by atoms with Crippen molar-refractivity contribution in [2.24, 2.45) is 0 Å². The Kier molecular flexibility index (Phi) is 5.04. The Morgan fingerprint density at radius 3 is 2.24 bits per heavy atom. The molecule has 0 aliphatic heterocycles. The first kappa shape index (κ1) is 17.9. The zero-order valence-corrected chi connectivity index (χ0v) is 13.8. The van der Waals surface area contributed by atoms with Crippen LogP contribution < -0.4 is 0 Å². The minimum Gasteiger partial charge on any atom is -0.480 e. The van der Waals surface area contributed by atoms with E-state index in [4.69, 9.17) is 16.7 Å². The van der Waals surface area contributed by atoms with Crippen LogP contribution in [0, 0.1) is 0 Å². The van der Waals surface area contributed by atoms with Crippen LogP contribution in [-0.4, -0.2) is 51.6 Å². The van der Waals surface area contributed by atoms with Crippen molar-refractivity contribution in [1.29, 1.82) is 0 Å². The number of hydrogen-bond acceptors (Lipinski definition) is 5. The molecule has 0 saturated heterocycles. The quantitative estimate of drug-likeness (QED) is 0.838. The largest absolute Gasteiger partial charge is 0.480 e. The predicted octanol–water partition coefficient (Wildman–Crippen LogP) is 0.837. The molecule has 0 aromatic heterocycles. The first-order valence-corrected chi connectivity index (χ1v) is 9.30. The maximum Gasteiger partial charge on any atom is 0.321 e. The van der Waals surface area contributed by atoms with Crippen molar-refractivity contribution in [3.63, 3.8) is 0 Å². The van der Waals surface area contributed by atoms with Gasteiger partial charge in [-0.25, -0.2) is 16.8 Å². The zero-order chi connectivity index (χ0) is 16.6. The third-order valence-electron chi connectivity index (χ3n) is 2.89. The van der Waals surface area contributed by atoms with Gasteiger partial charge in [0, 0.05) is 13.3 Å². The minimum absolute atomic E-state index is 0.188. The van der Waals surface area contributed by atoms with E-state index < -0.39 is 36.8 Å². The molecule has 10 heteroatoms. The van der Waals surface area contributed by atoms with Crippen LogP contribution >= 0.6 is 11.6 Å². The van der Waals surface area contributed by atoms with E-state index >= 15 is 0 Å². The van der Waals surface area contributed by atoms with E-state index in [1.165, 1.54) is 13.0 Å². The Labute approximate surface area is 128 Å². The molecular weight excluding hydrogens is 342 g/mol. The van der Waals surface area contributed by atoms with Crippen molar-refractivity contribution in [2.75, 3.05) is 13.3 Å². The molecule has 0 heterocycles. The van der Waals surface area contributed by atoms with Crippen molar-refractivity contribution in [2.45, 2.75) is 22.8 Å². The summed E-state index contributed by atoms with van der Waals surface area (Å²) in [6, 6.07) is 1.91. The van der Waals surface area contributed by atoms with E-state index in [1.54, 1.807) is 0 Å². The fraction of sp³-hybridized carbons (Fsp3) is 0.364. The molecule has 1 aromatic rings. The predicted molar refractivity (Wildman–Crippen MR) is 76.6 cm³/mol. The van der Waals surface area contributed by atoms with Gasteiger partial charge in [-0.1, -0.05) is 11.6 Å². The van der Waals surface area contributed by atoms with Gasteiger partial charge in [-0.3, -0.25) is 4.79 Å². The second-order valence-electron chi connectivity index (χ2n) is 4.40. The number of carboxylic acids is 1. The average Bonchev–Trinajstić information content (AvgIpc) is 2.35. The Morgan fingerprint density at radius 2 is 1.81 bits per heavy atom. The molecule has 0 amide bonds. The van der Waals surface area contributed by atoms with Crippen molar-refractivity contribution in [1.82, 2.24) is 4.31 Å². The van der Waals surface area contributed by atoms with E-state index in [2.05, 4.69) is 0 Å². The molecule has 0 spiro atoms. The summed E-state index contributed by atoms with van der Waals surface area (Å²) >= 11 is 5.81. The van der Waals surface area contributed by atoms with Crippen LogP contribution in [0.25, 0.3) is 0 Å². The molecule has 0 radical (unpaired) electrons. The molecule has 0 bridgehead atoms. The summed E-state index contributed by atoms with van der Waals surface area (Å²) in [5, 5.41) is 8.69. The molecule has 1 atom stereocenters. The standard InChI is InChI=1S/C11H14ClNO6S2/c1-7(11(14)15)13(2)21(18,19)10-6-8(20(3,16)17)4-5-9(10)12/h4-7H,1-3H3,(H,14,15). The van der Waals surface area contributed by atoms with Gasteiger partial charge in [0.1, 0.15) is 10.9 Å². The van der Waals surface area contributed by atoms with E-state index in [0.29, 0.717) is 4.31 Å². The third-order valence-corrected chi connectivity index (χ3v) is 6.41.